The van der Waals surface area contributed by atoms with Gasteiger partial charge in [0.25, 0.3) is 5.97 Å². The van der Waals surface area contributed by atoms with Gasteiger partial charge in [-0.05, 0) is 47.1 Å². The Morgan fingerprint density at radius 3 is 2.17 bits per heavy atom. The van der Waals surface area contributed by atoms with Crippen LogP contribution in [0.5, 0.6) is 0 Å². The third-order valence-electron chi connectivity index (χ3n) is 3.46. The smallest absolute Gasteiger partial charge is 0.300 e. The van der Waals surface area contributed by atoms with Gasteiger partial charge in [0.2, 0.25) is 17.5 Å². The van der Waals surface area contributed by atoms with Crippen LogP contribution in [0.3, 0.4) is 0 Å². The minimum atomic E-state index is -0.833. The molecule has 0 amide bonds. The number of hydrogen-bond donors (Lipinski definition) is 3. The van der Waals surface area contributed by atoms with E-state index in [0.717, 1.165) is 12.9 Å². The fourth-order valence-electron chi connectivity index (χ4n) is 2.44. The van der Waals surface area contributed by atoms with Crippen molar-refractivity contribution >= 4 is 17.9 Å². The first-order valence-corrected chi connectivity index (χ1v) is 9.88. The summed E-state index contributed by atoms with van der Waals surface area (Å²) in [4.78, 5) is 23.0. The van der Waals surface area contributed by atoms with Crippen LogP contribution in [0.15, 0.2) is 35.3 Å². The second-order valence-corrected chi connectivity index (χ2v) is 7.51. The fourth-order valence-corrected chi connectivity index (χ4v) is 2.44. The minimum absolute atomic E-state index is 0.161. The molecule has 1 heterocycles. The van der Waals surface area contributed by atoms with Crippen LogP contribution in [-0.4, -0.2) is 37.7 Å². The van der Waals surface area contributed by atoms with Crippen molar-refractivity contribution in [2.75, 3.05) is 10.6 Å². The predicted octanol–water partition coefficient (Wildman–Crippen LogP) is 3.69. The molecule has 160 valence electrons. The molecule has 0 fully saturated rings. The highest BCUT2D eigenvalue weighted by Crippen LogP contribution is 2.13. The second-order valence-electron chi connectivity index (χ2n) is 7.51. The summed E-state index contributed by atoms with van der Waals surface area (Å²) in [6.45, 7) is 14.3. The SMILES string of the molecule is CC(=O)O.CC(C)N=c1nc(NCc2ccccc2)nc(NC(C)C)n1C(C)C. The van der Waals surface area contributed by atoms with Gasteiger partial charge in [0, 0.05) is 31.6 Å². The number of carboxylic acid groups (broad SMARTS) is 1. The lowest BCUT2D eigenvalue weighted by molar-refractivity contribution is -0.134. The Balaban J connectivity index is 0.000000960. The number of carboxylic acids is 1. The summed E-state index contributed by atoms with van der Waals surface area (Å²) < 4.78 is 2.05. The van der Waals surface area contributed by atoms with Crippen molar-refractivity contribution < 1.29 is 9.90 Å². The molecule has 1 aromatic carbocycles. The lowest BCUT2D eigenvalue weighted by Crippen LogP contribution is -2.33. The molecule has 0 atom stereocenters. The quantitative estimate of drug-likeness (QED) is 0.652. The molecule has 29 heavy (non-hydrogen) atoms. The van der Waals surface area contributed by atoms with Crippen LogP contribution in [0.1, 0.15) is 60.1 Å². The molecule has 0 radical (unpaired) electrons. The molecular weight excluding hydrogens is 368 g/mol. The van der Waals surface area contributed by atoms with E-state index in [1.165, 1.54) is 5.56 Å². The number of anilines is 2. The van der Waals surface area contributed by atoms with E-state index >= 15 is 0 Å². The molecule has 3 N–H and O–H groups in total. The fraction of sp³-hybridized carbons (Fsp3) is 0.524. The third-order valence-corrected chi connectivity index (χ3v) is 3.46. The summed E-state index contributed by atoms with van der Waals surface area (Å²) in [6.07, 6.45) is 0. The average Bonchev–Trinajstić information content (AvgIpc) is 2.58. The molecule has 2 rings (SSSR count). The molecule has 0 bridgehead atoms. The van der Waals surface area contributed by atoms with Gasteiger partial charge in [0.15, 0.2) is 0 Å². The van der Waals surface area contributed by atoms with Crippen LogP contribution in [0.4, 0.5) is 11.9 Å². The van der Waals surface area contributed by atoms with E-state index in [2.05, 4.69) is 74.3 Å². The lowest BCUT2D eigenvalue weighted by Gasteiger charge is -2.20. The number of benzene rings is 1. The van der Waals surface area contributed by atoms with E-state index in [9.17, 15) is 0 Å². The van der Waals surface area contributed by atoms with E-state index in [4.69, 9.17) is 14.9 Å². The van der Waals surface area contributed by atoms with Crippen molar-refractivity contribution in [2.24, 2.45) is 4.99 Å². The Morgan fingerprint density at radius 2 is 1.69 bits per heavy atom. The first-order chi connectivity index (χ1) is 13.6. The summed E-state index contributed by atoms with van der Waals surface area (Å²) in [7, 11) is 0. The van der Waals surface area contributed by atoms with Crippen molar-refractivity contribution in [3.8, 4) is 0 Å². The molecule has 0 unspecified atom stereocenters. The predicted molar refractivity (Wildman–Crippen MR) is 117 cm³/mol. The zero-order valence-electron chi connectivity index (χ0n) is 18.5. The first kappa shape index (κ1) is 24.1. The van der Waals surface area contributed by atoms with Gasteiger partial charge >= 0.3 is 0 Å². The summed E-state index contributed by atoms with van der Waals surface area (Å²) in [5, 5.41) is 14.2. The Hall–Kier alpha value is -2.90. The van der Waals surface area contributed by atoms with E-state index in [-0.39, 0.29) is 18.1 Å². The van der Waals surface area contributed by atoms with Crippen molar-refractivity contribution in [3.05, 3.63) is 41.5 Å². The van der Waals surface area contributed by atoms with Crippen LogP contribution >= 0.6 is 0 Å². The van der Waals surface area contributed by atoms with Gasteiger partial charge in [0.05, 0.1) is 0 Å². The van der Waals surface area contributed by atoms with E-state index < -0.39 is 5.97 Å². The number of nitrogens with one attached hydrogen (secondary N) is 2. The highest BCUT2D eigenvalue weighted by Gasteiger charge is 2.13. The number of aliphatic carboxylic acids is 1. The number of carbonyl (C=O) groups is 1. The van der Waals surface area contributed by atoms with Crippen LogP contribution in [0.25, 0.3) is 0 Å². The number of rotatable bonds is 7. The molecule has 8 nitrogen and oxygen atoms in total. The first-order valence-electron chi connectivity index (χ1n) is 9.88. The van der Waals surface area contributed by atoms with E-state index in [1.54, 1.807) is 0 Å². The van der Waals surface area contributed by atoms with Crippen LogP contribution < -0.4 is 16.3 Å². The molecule has 0 saturated carbocycles. The highest BCUT2D eigenvalue weighted by atomic mass is 16.4. The summed E-state index contributed by atoms with van der Waals surface area (Å²) in [6, 6.07) is 10.9. The Kier molecular flexibility index (Phi) is 9.85. The minimum Gasteiger partial charge on any atom is -0.481 e. The maximum atomic E-state index is 9.00. The van der Waals surface area contributed by atoms with Gasteiger partial charge in [-0.15, -0.1) is 0 Å². The van der Waals surface area contributed by atoms with Gasteiger partial charge in [-0.1, -0.05) is 30.3 Å². The summed E-state index contributed by atoms with van der Waals surface area (Å²) >= 11 is 0. The molecule has 0 aliphatic rings. The Labute approximate surface area is 173 Å². The molecule has 8 heteroatoms. The molecule has 0 aliphatic carbocycles. The molecule has 0 spiro atoms. The van der Waals surface area contributed by atoms with Crippen molar-refractivity contribution in [1.82, 2.24) is 14.5 Å². The van der Waals surface area contributed by atoms with Gasteiger partial charge < -0.3 is 15.7 Å². The van der Waals surface area contributed by atoms with Gasteiger partial charge in [0.1, 0.15) is 0 Å². The van der Waals surface area contributed by atoms with Crippen LogP contribution in [0, 0.1) is 0 Å². The zero-order valence-corrected chi connectivity index (χ0v) is 18.5. The molecular formula is C21H34N6O2. The van der Waals surface area contributed by atoms with Crippen LogP contribution in [-0.2, 0) is 11.3 Å². The largest absolute Gasteiger partial charge is 0.481 e. The summed E-state index contributed by atoms with van der Waals surface area (Å²) in [5.41, 5.74) is 1.88. The number of hydrogen-bond acceptors (Lipinski definition) is 6. The normalized spacial score (nSPS) is 11.4. The monoisotopic (exact) mass is 402 g/mol. The van der Waals surface area contributed by atoms with E-state index in [1.807, 2.05) is 22.8 Å². The van der Waals surface area contributed by atoms with Crippen molar-refractivity contribution in [1.29, 1.82) is 0 Å². The molecule has 0 saturated heterocycles. The third kappa shape index (κ3) is 9.23. The average molecular weight is 403 g/mol. The number of nitrogens with zero attached hydrogens (tertiary/aromatic N) is 4. The zero-order chi connectivity index (χ0) is 22.0. The molecule has 1 aromatic heterocycles. The molecule has 2 aromatic rings. The van der Waals surface area contributed by atoms with Gasteiger partial charge in [-0.25, -0.2) is 4.99 Å². The maximum Gasteiger partial charge on any atom is 0.300 e. The maximum absolute atomic E-state index is 9.00. The van der Waals surface area contributed by atoms with Crippen LogP contribution in [0.2, 0.25) is 0 Å². The van der Waals surface area contributed by atoms with Gasteiger partial charge in [-0.3, -0.25) is 9.36 Å². The second kappa shape index (κ2) is 11.8. The lowest BCUT2D eigenvalue weighted by atomic mass is 10.2. The van der Waals surface area contributed by atoms with Gasteiger partial charge in [-0.2, -0.15) is 9.97 Å². The highest BCUT2D eigenvalue weighted by molar-refractivity contribution is 5.62. The van der Waals surface area contributed by atoms with Crippen molar-refractivity contribution in [3.63, 3.8) is 0 Å². The molecule has 0 aliphatic heterocycles. The standard InChI is InChI=1S/C19H30N6.C2H4O2/c1-13(2)21-18-23-17(20-12-16-10-8-7-9-11-16)24-19(22-14(3)4)25(18)15(5)6;1-2(3)4/h7-11,13-15H,12H2,1-6H3,(H2,20,21,22,23,24);1H3,(H,3,4). The topological polar surface area (TPSA) is 104 Å². The summed E-state index contributed by atoms with van der Waals surface area (Å²) in [5.74, 6) is 0.540. The Bertz CT molecular complexity index is 825. The van der Waals surface area contributed by atoms with E-state index in [0.29, 0.717) is 18.1 Å². The number of aromatic nitrogens is 3. The van der Waals surface area contributed by atoms with Crippen molar-refractivity contribution in [2.45, 2.75) is 73.1 Å². The Morgan fingerprint density at radius 1 is 1.10 bits per heavy atom.